The van der Waals surface area contributed by atoms with E-state index in [4.69, 9.17) is 0 Å². The largest absolute Gasteiger partial charge is 0.302 e. The minimum atomic E-state index is -0.00904. The molecule has 1 aromatic carbocycles. The molecule has 0 atom stereocenters. The molecule has 0 spiro atoms. The Morgan fingerprint density at radius 3 is 2.67 bits per heavy atom. The number of anilines is 1. The Kier molecular flexibility index (Phi) is 5.61. The van der Waals surface area contributed by atoms with Crippen LogP contribution in [0.15, 0.2) is 59.1 Å². The van der Waals surface area contributed by atoms with Crippen molar-refractivity contribution in [2.45, 2.75) is 18.2 Å². The van der Waals surface area contributed by atoms with Crippen LogP contribution in [0.2, 0.25) is 0 Å². The van der Waals surface area contributed by atoms with E-state index in [1.165, 1.54) is 21.8 Å². The number of hydrogen-bond donors (Lipinski definition) is 1. The van der Waals surface area contributed by atoms with Gasteiger partial charge in [-0.3, -0.25) is 9.78 Å². The molecular weight excluding hydrogens is 338 g/mol. The zero-order chi connectivity index (χ0) is 16.8. The second kappa shape index (κ2) is 8.08. The summed E-state index contributed by atoms with van der Waals surface area (Å²) in [5.74, 6) is 0.738. The van der Waals surface area contributed by atoms with Crippen LogP contribution >= 0.6 is 23.1 Å². The molecule has 3 rings (SSSR count). The summed E-state index contributed by atoms with van der Waals surface area (Å²) in [6.45, 7) is 2.07. The van der Waals surface area contributed by atoms with E-state index in [2.05, 4.69) is 46.5 Å². The molecule has 3 aromatic rings. The molecule has 2 aromatic heterocycles. The van der Waals surface area contributed by atoms with Gasteiger partial charge in [0.25, 0.3) is 0 Å². The summed E-state index contributed by atoms with van der Waals surface area (Å²) in [5, 5.41) is 5.44. The lowest BCUT2D eigenvalue weighted by Gasteiger charge is -2.03. The van der Waals surface area contributed by atoms with Crippen LogP contribution in [0.5, 0.6) is 0 Å². The normalized spacial score (nSPS) is 10.5. The molecule has 4 nitrogen and oxygen atoms in total. The van der Waals surface area contributed by atoms with E-state index in [9.17, 15) is 4.79 Å². The average molecular weight is 355 g/mol. The van der Waals surface area contributed by atoms with Gasteiger partial charge in [-0.15, -0.1) is 23.1 Å². The molecule has 122 valence electrons. The molecule has 0 saturated carbocycles. The number of nitrogens with one attached hydrogen (secondary N) is 1. The van der Waals surface area contributed by atoms with Gasteiger partial charge in [0.2, 0.25) is 5.91 Å². The highest BCUT2D eigenvalue weighted by Crippen LogP contribution is 2.24. The Labute approximate surface area is 149 Å². The Bertz CT molecular complexity index is 801. The Morgan fingerprint density at radius 1 is 1.17 bits per heavy atom. The van der Waals surface area contributed by atoms with Crippen LogP contribution in [0.3, 0.4) is 0 Å². The first-order valence-corrected chi connectivity index (χ1v) is 9.42. The number of carbonyl (C=O) groups is 1. The Morgan fingerprint density at radius 2 is 1.92 bits per heavy atom. The van der Waals surface area contributed by atoms with Crippen molar-refractivity contribution in [3.05, 3.63) is 59.7 Å². The van der Waals surface area contributed by atoms with Crippen LogP contribution in [0.25, 0.3) is 11.3 Å². The molecule has 0 fully saturated rings. The lowest BCUT2D eigenvalue weighted by molar-refractivity contribution is -0.115. The molecule has 0 radical (unpaired) electrons. The van der Waals surface area contributed by atoms with Gasteiger partial charge in [-0.05, 0) is 31.2 Å². The monoisotopic (exact) mass is 355 g/mol. The van der Waals surface area contributed by atoms with E-state index in [0.717, 1.165) is 17.0 Å². The van der Waals surface area contributed by atoms with Gasteiger partial charge in [0.1, 0.15) is 0 Å². The highest BCUT2D eigenvalue weighted by molar-refractivity contribution is 7.99. The topological polar surface area (TPSA) is 54.9 Å². The van der Waals surface area contributed by atoms with E-state index < -0.39 is 0 Å². The number of benzene rings is 1. The van der Waals surface area contributed by atoms with Crippen molar-refractivity contribution in [3.8, 4) is 11.3 Å². The SMILES string of the molecule is Cc1ccc(SCCC(=O)Nc2nc(-c3ccncc3)cs2)cc1. The smallest absolute Gasteiger partial charge is 0.226 e. The minimum absolute atomic E-state index is 0.00904. The molecule has 0 saturated heterocycles. The van der Waals surface area contributed by atoms with Crippen LogP contribution in [-0.4, -0.2) is 21.6 Å². The molecule has 1 amide bonds. The van der Waals surface area contributed by atoms with Crippen molar-refractivity contribution in [2.75, 3.05) is 11.1 Å². The zero-order valence-electron chi connectivity index (χ0n) is 13.2. The number of amides is 1. The summed E-state index contributed by atoms with van der Waals surface area (Å²) in [7, 11) is 0. The predicted octanol–water partition coefficient (Wildman–Crippen LogP) is 4.63. The fourth-order valence-electron chi connectivity index (χ4n) is 2.06. The molecule has 0 aliphatic heterocycles. The molecule has 0 unspecified atom stereocenters. The van der Waals surface area contributed by atoms with Gasteiger partial charge >= 0.3 is 0 Å². The van der Waals surface area contributed by atoms with Gasteiger partial charge in [-0.2, -0.15) is 0 Å². The van der Waals surface area contributed by atoms with Crippen LogP contribution in [-0.2, 0) is 4.79 Å². The highest BCUT2D eigenvalue weighted by atomic mass is 32.2. The van der Waals surface area contributed by atoms with E-state index in [-0.39, 0.29) is 5.91 Å². The standard InChI is InChI=1S/C18H17N3OS2/c1-13-2-4-15(5-3-13)23-11-8-17(22)21-18-20-16(12-24-18)14-6-9-19-10-7-14/h2-7,9-10,12H,8,11H2,1H3,(H,20,21,22). The third-order valence-electron chi connectivity index (χ3n) is 3.35. The van der Waals surface area contributed by atoms with Crippen molar-refractivity contribution >= 4 is 34.1 Å². The lowest BCUT2D eigenvalue weighted by atomic mass is 10.2. The van der Waals surface area contributed by atoms with E-state index in [0.29, 0.717) is 11.6 Å². The van der Waals surface area contributed by atoms with E-state index in [1.807, 2.05) is 17.5 Å². The third kappa shape index (κ3) is 4.66. The van der Waals surface area contributed by atoms with Crippen molar-refractivity contribution in [3.63, 3.8) is 0 Å². The van der Waals surface area contributed by atoms with Crippen molar-refractivity contribution < 1.29 is 4.79 Å². The summed E-state index contributed by atoms with van der Waals surface area (Å²) in [5.41, 5.74) is 3.09. The first-order valence-electron chi connectivity index (χ1n) is 7.56. The maximum absolute atomic E-state index is 12.0. The van der Waals surface area contributed by atoms with Crippen LogP contribution in [0, 0.1) is 6.92 Å². The maximum Gasteiger partial charge on any atom is 0.226 e. The number of pyridine rings is 1. The number of aryl methyl sites for hydroxylation is 1. The van der Waals surface area contributed by atoms with E-state index in [1.54, 1.807) is 24.2 Å². The van der Waals surface area contributed by atoms with Gasteiger partial charge in [-0.1, -0.05) is 17.7 Å². The molecule has 0 aliphatic rings. The second-order valence-corrected chi connectivity index (χ2v) is 7.26. The van der Waals surface area contributed by atoms with Crippen LogP contribution < -0.4 is 5.32 Å². The average Bonchev–Trinajstić information content (AvgIpc) is 3.06. The van der Waals surface area contributed by atoms with Crippen LogP contribution in [0.4, 0.5) is 5.13 Å². The van der Waals surface area contributed by atoms with Crippen molar-refractivity contribution in [2.24, 2.45) is 0 Å². The predicted molar refractivity (Wildman–Crippen MR) is 100 cm³/mol. The quantitative estimate of drug-likeness (QED) is 0.655. The first-order chi connectivity index (χ1) is 11.7. The zero-order valence-corrected chi connectivity index (χ0v) is 14.9. The molecule has 24 heavy (non-hydrogen) atoms. The Hall–Kier alpha value is -2.18. The minimum Gasteiger partial charge on any atom is -0.302 e. The number of thioether (sulfide) groups is 1. The van der Waals surface area contributed by atoms with Crippen molar-refractivity contribution in [1.82, 2.24) is 9.97 Å². The summed E-state index contributed by atoms with van der Waals surface area (Å²) in [6.07, 6.45) is 3.92. The van der Waals surface area contributed by atoms with Crippen LogP contribution in [0.1, 0.15) is 12.0 Å². The summed E-state index contributed by atoms with van der Waals surface area (Å²) in [4.78, 5) is 21.7. The number of thiazole rings is 1. The summed E-state index contributed by atoms with van der Waals surface area (Å²) in [6, 6.07) is 12.1. The molecule has 0 aliphatic carbocycles. The summed E-state index contributed by atoms with van der Waals surface area (Å²) >= 11 is 3.12. The Balaban J connectivity index is 1.48. The van der Waals surface area contributed by atoms with Gasteiger partial charge in [0.15, 0.2) is 5.13 Å². The summed E-state index contributed by atoms with van der Waals surface area (Å²) < 4.78 is 0. The second-order valence-electron chi connectivity index (χ2n) is 5.23. The third-order valence-corrected chi connectivity index (χ3v) is 5.12. The molecule has 6 heteroatoms. The fraction of sp³-hybridized carbons (Fsp3) is 0.167. The molecule has 1 N–H and O–H groups in total. The number of nitrogens with zero attached hydrogens (tertiary/aromatic N) is 2. The van der Waals surface area contributed by atoms with Gasteiger partial charge in [0.05, 0.1) is 5.69 Å². The van der Waals surface area contributed by atoms with Gasteiger partial charge < -0.3 is 5.32 Å². The van der Waals surface area contributed by atoms with Crippen molar-refractivity contribution in [1.29, 1.82) is 0 Å². The maximum atomic E-state index is 12.0. The van der Waals surface area contributed by atoms with Gasteiger partial charge in [-0.25, -0.2) is 4.98 Å². The van der Waals surface area contributed by atoms with E-state index >= 15 is 0 Å². The van der Waals surface area contributed by atoms with Gasteiger partial charge in [0, 0.05) is 40.4 Å². The first kappa shape index (κ1) is 16.7. The lowest BCUT2D eigenvalue weighted by Crippen LogP contribution is -2.11. The molecular formula is C18H17N3OS2. The molecule has 2 heterocycles. The number of aromatic nitrogens is 2. The molecule has 0 bridgehead atoms. The fourth-order valence-corrected chi connectivity index (χ4v) is 3.65. The highest BCUT2D eigenvalue weighted by Gasteiger charge is 2.08. The number of carbonyl (C=O) groups excluding carboxylic acids is 1. The number of hydrogen-bond acceptors (Lipinski definition) is 5. The number of rotatable bonds is 6.